The Kier molecular flexibility index (Phi) is 11.2. The van der Waals surface area contributed by atoms with Crippen molar-refractivity contribution in [3.63, 3.8) is 0 Å². The Morgan fingerprint density at radius 2 is 1.75 bits per heavy atom. The molecule has 0 spiro atoms. The molecule has 0 atom stereocenters. The lowest BCUT2D eigenvalue weighted by atomic mass is 10.1. The van der Waals surface area contributed by atoms with Crippen molar-refractivity contribution in [2.45, 2.75) is 19.9 Å². The predicted octanol–water partition coefficient (Wildman–Crippen LogP) is 3.63. The van der Waals surface area contributed by atoms with E-state index >= 15 is 0 Å². The fourth-order valence-corrected chi connectivity index (χ4v) is 2.68. The summed E-state index contributed by atoms with van der Waals surface area (Å²) in [6.07, 6.45) is 0.848. The minimum Gasteiger partial charge on any atom is -0.494 e. The number of benzene rings is 2. The van der Waals surface area contributed by atoms with E-state index in [4.69, 9.17) is 14.2 Å². The maximum Gasteiger partial charge on any atom is 0.191 e. The van der Waals surface area contributed by atoms with Crippen molar-refractivity contribution in [2.75, 3.05) is 34.4 Å². The summed E-state index contributed by atoms with van der Waals surface area (Å²) in [6, 6.07) is 14.0. The number of guanidine groups is 1. The van der Waals surface area contributed by atoms with Crippen molar-refractivity contribution in [3.8, 4) is 17.2 Å². The van der Waals surface area contributed by atoms with E-state index < -0.39 is 0 Å². The van der Waals surface area contributed by atoms with Crippen LogP contribution in [0.4, 0.5) is 0 Å². The summed E-state index contributed by atoms with van der Waals surface area (Å²) in [6.45, 7) is 4.08. The van der Waals surface area contributed by atoms with Crippen molar-refractivity contribution >= 4 is 29.9 Å². The molecule has 6 nitrogen and oxygen atoms in total. The van der Waals surface area contributed by atoms with E-state index in [2.05, 4.69) is 21.7 Å². The first-order valence-electron chi connectivity index (χ1n) is 9.07. The van der Waals surface area contributed by atoms with Gasteiger partial charge in [0, 0.05) is 20.1 Å². The summed E-state index contributed by atoms with van der Waals surface area (Å²) in [7, 11) is 5.05. The fraction of sp³-hybridized carbons (Fsp3) is 0.381. The normalized spacial score (nSPS) is 10.6. The lowest BCUT2D eigenvalue weighted by molar-refractivity contribution is 0.340. The molecule has 0 unspecified atom stereocenters. The van der Waals surface area contributed by atoms with Crippen LogP contribution in [0.25, 0.3) is 0 Å². The van der Waals surface area contributed by atoms with E-state index in [1.165, 1.54) is 5.56 Å². The Balaban J connectivity index is 0.00000392. The van der Waals surface area contributed by atoms with Crippen LogP contribution in [0.3, 0.4) is 0 Å². The third-order valence-electron chi connectivity index (χ3n) is 4.05. The van der Waals surface area contributed by atoms with Crippen molar-refractivity contribution in [2.24, 2.45) is 4.99 Å². The average molecular weight is 499 g/mol. The second-order valence-electron chi connectivity index (χ2n) is 5.87. The number of aliphatic imine (C=N–C) groups is 1. The van der Waals surface area contributed by atoms with E-state index in [-0.39, 0.29) is 24.0 Å². The van der Waals surface area contributed by atoms with E-state index in [1.807, 2.05) is 43.3 Å². The number of methoxy groups -OCH3 is 2. The molecule has 0 saturated carbocycles. The SMILES string of the molecule is CCOc1cccc(CNC(=NC)NCCc2ccc(OC)c(OC)c2)c1.I. The van der Waals surface area contributed by atoms with Gasteiger partial charge in [0.2, 0.25) is 0 Å². The third kappa shape index (κ3) is 7.46. The van der Waals surface area contributed by atoms with Crippen LogP contribution in [0.1, 0.15) is 18.1 Å². The molecule has 0 aliphatic rings. The van der Waals surface area contributed by atoms with Gasteiger partial charge in [-0.25, -0.2) is 0 Å². The molecule has 7 heteroatoms. The van der Waals surface area contributed by atoms with Crippen LogP contribution in [0, 0.1) is 0 Å². The van der Waals surface area contributed by atoms with Gasteiger partial charge in [0.05, 0.1) is 20.8 Å². The first kappa shape index (κ1) is 23.9. The summed E-state index contributed by atoms with van der Waals surface area (Å²) in [5, 5.41) is 6.65. The Hall–Kier alpha value is -2.16. The Labute approximate surface area is 184 Å². The van der Waals surface area contributed by atoms with E-state index in [1.54, 1.807) is 21.3 Å². The summed E-state index contributed by atoms with van der Waals surface area (Å²) < 4.78 is 16.2. The number of hydrogen-bond donors (Lipinski definition) is 2. The molecule has 0 aliphatic heterocycles. The first-order chi connectivity index (χ1) is 13.2. The molecular weight excluding hydrogens is 469 g/mol. The van der Waals surface area contributed by atoms with Gasteiger partial charge in [-0.05, 0) is 48.7 Å². The van der Waals surface area contributed by atoms with Crippen LogP contribution in [0.5, 0.6) is 17.2 Å². The largest absolute Gasteiger partial charge is 0.494 e. The predicted molar refractivity (Wildman–Crippen MR) is 124 cm³/mol. The van der Waals surface area contributed by atoms with E-state index in [9.17, 15) is 0 Å². The second-order valence-corrected chi connectivity index (χ2v) is 5.87. The van der Waals surface area contributed by atoms with Gasteiger partial charge in [-0.1, -0.05) is 18.2 Å². The molecule has 2 rings (SSSR count). The lowest BCUT2D eigenvalue weighted by Crippen LogP contribution is -2.37. The zero-order valence-electron chi connectivity index (χ0n) is 17.0. The topological polar surface area (TPSA) is 64.1 Å². The molecular formula is C21H30IN3O3. The molecule has 2 aromatic carbocycles. The highest BCUT2D eigenvalue weighted by Crippen LogP contribution is 2.27. The highest BCUT2D eigenvalue weighted by molar-refractivity contribution is 14.0. The van der Waals surface area contributed by atoms with Crippen LogP contribution in [-0.2, 0) is 13.0 Å². The molecule has 0 fully saturated rings. The van der Waals surface area contributed by atoms with Crippen LogP contribution < -0.4 is 24.8 Å². The monoisotopic (exact) mass is 499 g/mol. The van der Waals surface area contributed by atoms with Crippen LogP contribution >= 0.6 is 24.0 Å². The van der Waals surface area contributed by atoms with Gasteiger partial charge in [0.15, 0.2) is 17.5 Å². The molecule has 154 valence electrons. The molecule has 0 saturated heterocycles. The molecule has 0 bridgehead atoms. The minimum atomic E-state index is 0. The Bertz CT molecular complexity index is 753. The fourth-order valence-electron chi connectivity index (χ4n) is 2.68. The molecule has 2 aromatic rings. The van der Waals surface area contributed by atoms with Gasteiger partial charge in [0.1, 0.15) is 5.75 Å². The van der Waals surface area contributed by atoms with Crippen molar-refractivity contribution in [3.05, 3.63) is 53.6 Å². The van der Waals surface area contributed by atoms with Gasteiger partial charge in [-0.3, -0.25) is 4.99 Å². The summed E-state index contributed by atoms with van der Waals surface area (Å²) in [5.74, 6) is 3.12. The number of nitrogens with one attached hydrogen (secondary N) is 2. The number of hydrogen-bond acceptors (Lipinski definition) is 4. The molecule has 0 radical (unpaired) electrons. The summed E-state index contributed by atoms with van der Waals surface area (Å²) in [5.41, 5.74) is 2.31. The lowest BCUT2D eigenvalue weighted by Gasteiger charge is -2.13. The van der Waals surface area contributed by atoms with Gasteiger partial charge in [-0.15, -0.1) is 24.0 Å². The zero-order valence-corrected chi connectivity index (χ0v) is 19.3. The maximum absolute atomic E-state index is 5.54. The molecule has 0 amide bonds. The van der Waals surface area contributed by atoms with Crippen molar-refractivity contribution in [1.82, 2.24) is 10.6 Å². The van der Waals surface area contributed by atoms with Gasteiger partial charge in [-0.2, -0.15) is 0 Å². The van der Waals surface area contributed by atoms with Gasteiger partial charge >= 0.3 is 0 Å². The van der Waals surface area contributed by atoms with Crippen molar-refractivity contribution < 1.29 is 14.2 Å². The van der Waals surface area contributed by atoms with Crippen LogP contribution in [0.2, 0.25) is 0 Å². The molecule has 0 aliphatic carbocycles. The molecule has 2 N–H and O–H groups in total. The third-order valence-corrected chi connectivity index (χ3v) is 4.05. The number of rotatable bonds is 9. The average Bonchev–Trinajstić information content (AvgIpc) is 2.71. The smallest absolute Gasteiger partial charge is 0.191 e. The van der Waals surface area contributed by atoms with Crippen LogP contribution in [0.15, 0.2) is 47.5 Å². The molecule has 0 heterocycles. The minimum absolute atomic E-state index is 0. The standard InChI is InChI=1S/C21H29N3O3.HI/c1-5-27-18-8-6-7-17(13-18)15-24-21(22-2)23-12-11-16-9-10-19(25-3)20(14-16)26-4;/h6-10,13-14H,5,11-12,15H2,1-4H3,(H2,22,23,24);1H. The molecule has 28 heavy (non-hydrogen) atoms. The summed E-state index contributed by atoms with van der Waals surface area (Å²) >= 11 is 0. The van der Waals surface area contributed by atoms with Crippen molar-refractivity contribution in [1.29, 1.82) is 0 Å². The van der Waals surface area contributed by atoms with Gasteiger partial charge < -0.3 is 24.8 Å². The highest BCUT2D eigenvalue weighted by atomic mass is 127. The second kappa shape index (κ2) is 13.1. The highest BCUT2D eigenvalue weighted by Gasteiger charge is 2.05. The maximum atomic E-state index is 5.54. The van der Waals surface area contributed by atoms with Crippen LogP contribution in [-0.4, -0.2) is 40.4 Å². The Morgan fingerprint density at radius 1 is 0.964 bits per heavy atom. The van der Waals surface area contributed by atoms with Gasteiger partial charge in [0.25, 0.3) is 0 Å². The van der Waals surface area contributed by atoms with E-state index in [0.29, 0.717) is 13.2 Å². The zero-order chi connectivity index (χ0) is 19.5. The number of ether oxygens (including phenoxy) is 3. The Morgan fingerprint density at radius 3 is 2.43 bits per heavy atom. The quantitative estimate of drug-likeness (QED) is 0.314. The summed E-state index contributed by atoms with van der Waals surface area (Å²) in [4.78, 5) is 4.27. The molecule has 0 aromatic heterocycles. The number of halogens is 1. The number of nitrogens with zero attached hydrogens (tertiary/aromatic N) is 1. The first-order valence-corrected chi connectivity index (χ1v) is 9.07. The van der Waals surface area contributed by atoms with E-state index in [0.717, 1.165) is 41.7 Å².